The molecule has 0 unspecified atom stereocenters. The van der Waals surface area contributed by atoms with Crippen molar-refractivity contribution in [2.75, 3.05) is 68.0 Å². The van der Waals surface area contributed by atoms with Gasteiger partial charge in [0.25, 0.3) is 0 Å². The molecule has 160 valence electrons. The maximum Gasteiger partial charge on any atom is 0.233 e. The molecule has 7 nitrogen and oxygen atoms in total. The smallest absolute Gasteiger partial charge is 0.233 e. The van der Waals surface area contributed by atoms with E-state index in [0.717, 1.165) is 42.7 Å². The van der Waals surface area contributed by atoms with Gasteiger partial charge in [-0.25, -0.2) is 9.97 Å². The molecular weight excluding hydrogens is 445 g/mol. The third-order valence-corrected chi connectivity index (χ3v) is 6.49. The molecule has 2 aliphatic heterocycles. The van der Waals surface area contributed by atoms with E-state index in [1.807, 2.05) is 29.2 Å². The first-order valence-electron chi connectivity index (χ1n) is 9.87. The van der Waals surface area contributed by atoms with Crippen molar-refractivity contribution in [3.8, 4) is 0 Å². The van der Waals surface area contributed by atoms with Gasteiger partial charge in [0.05, 0.1) is 29.7 Å². The number of para-hydroxylation sites is 1. The van der Waals surface area contributed by atoms with Crippen LogP contribution in [0.1, 0.15) is 0 Å². The van der Waals surface area contributed by atoms with Gasteiger partial charge in [0.1, 0.15) is 11.0 Å². The van der Waals surface area contributed by atoms with Gasteiger partial charge >= 0.3 is 0 Å². The fourth-order valence-electron chi connectivity index (χ4n) is 3.53. The monoisotopic (exact) mass is 467 g/mol. The molecule has 2 aromatic rings. The van der Waals surface area contributed by atoms with Crippen LogP contribution in [-0.4, -0.2) is 79.0 Å². The lowest BCUT2D eigenvalue weighted by Crippen LogP contribution is -2.47. The van der Waals surface area contributed by atoms with E-state index in [0.29, 0.717) is 42.4 Å². The van der Waals surface area contributed by atoms with E-state index in [1.54, 1.807) is 6.07 Å². The summed E-state index contributed by atoms with van der Waals surface area (Å²) in [7, 11) is 0. The zero-order chi connectivity index (χ0) is 20.9. The quantitative estimate of drug-likeness (QED) is 0.380. The molecule has 2 saturated heterocycles. The van der Waals surface area contributed by atoms with Crippen molar-refractivity contribution in [3.63, 3.8) is 0 Å². The van der Waals surface area contributed by atoms with Crippen molar-refractivity contribution in [3.05, 3.63) is 40.5 Å². The number of carbonyl (C=O) groups is 1. The Morgan fingerprint density at radius 1 is 1.00 bits per heavy atom. The molecule has 1 amide bonds. The molecule has 4 rings (SSSR count). The van der Waals surface area contributed by atoms with Gasteiger partial charge in [-0.1, -0.05) is 47.1 Å². The van der Waals surface area contributed by atoms with Crippen molar-refractivity contribution in [2.24, 2.45) is 0 Å². The Hall–Kier alpha value is -1.74. The fourth-order valence-corrected chi connectivity index (χ4v) is 4.77. The van der Waals surface area contributed by atoms with E-state index in [-0.39, 0.29) is 5.91 Å². The average Bonchev–Trinajstić information content (AvgIpc) is 2.78. The summed E-state index contributed by atoms with van der Waals surface area (Å²) < 4.78 is 5.29. The van der Waals surface area contributed by atoms with Crippen molar-refractivity contribution >= 4 is 52.4 Å². The van der Waals surface area contributed by atoms with E-state index in [1.165, 1.54) is 11.8 Å². The Balaban J connectivity index is 1.36. The second-order valence-electron chi connectivity index (χ2n) is 7.04. The molecule has 0 N–H and O–H groups in total. The molecule has 0 radical (unpaired) electrons. The second-order valence-corrected chi connectivity index (χ2v) is 8.78. The van der Waals surface area contributed by atoms with Crippen molar-refractivity contribution in [1.29, 1.82) is 0 Å². The minimum Gasteiger partial charge on any atom is -0.378 e. The van der Waals surface area contributed by atoms with E-state index in [9.17, 15) is 4.79 Å². The summed E-state index contributed by atoms with van der Waals surface area (Å²) in [6.45, 7) is 5.73. The number of anilines is 2. The first-order chi connectivity index (χ1) is 14.6. The molecule has 0 atom stereocenters. The lowest BCUT2D eigenvalue weighted by molar-refractivity contribution is -0.132. The van der Waals surface area contributed by atoms with Crippen LogP contribution >= 0.6 is 35.0 Å². The summed E-state index contributed by atoms with van der Waals surface area (Å²) in [6, 6.07) is 9.67. The highest BCUT2D eigenvalue weighted by atomic mass is 35.5. The van der Waals surface area contributed by atoms with Gasteiger partial charge in [-0.3, -0.25) is 4.79 Å². The van der Waals surface area contributed by atoms with Gasteiger partial charge in [0, 0.05) is 45.3 Å². The number of carbonyl (C=O) groups excluding carboxylic acids is 1. The molecule has 2 aliphatic rings. The molecule has 2 fully saturated rings. The fraction of sp³-hybridized carbons (Fsp3) is 0.450. The van der Waals surface area contributed by atoms with E-state index in [4.69, 9.17) is 27.9 Å². The average molecular weight is 468 g/mol. The number of benzene rings is 1. The molecule has 1 aromatic heterocycles. The van der Waals surface area contributed by atoms with Gasteiger partial charge in [-0.15, -0.1) is 0 Å². The minimum atomic E-state index is 0.0711. The highest BCUT2D eigenvalue weighted by molar-refractivity contribution is 7.99. The zero-order valence-corrected chi connectivity index (χ0v) is 18.8. The number of morpholine rings is 1. The third kappa shape index (κ3) is 5.29. The van der Waals surface area contributed by atoms with Crippen LogP contribution in [0.3, 0.4) is 0 Å². The predicted octanol–water partition coefficient (Wildman–Crippen LogP) is 3.06. The summed E-state index contributed by atoms with van der Waals surface area (Å²) in [4.78, 5) is 27.6. The van der Waals surface area contributed by atoms with E-state index in [2.05, 4.69) is 19.8 Å². The minimum absolute atomic E-state index is 0.0711. The van der Waals surface area contributed by atoms with Gasteiger partial charge in [0.2, 0.25) is 5.91 Å². The van der Waals surface area contributed by atoms with Crippen LogP contribution in [0, 0.1) is 0 Å². The maximum atomic E-state index is 12.4. The van der Waals surface area contributed by atoms with Crippen LogP contribution in [0.25, 0.3) is 0 Å². The SMILES string of the molecule is O=C(CSc1nc(Cl)cc(N2CCN(c3ccccc3Cl)CC2)n1)N1CCOCC1. The maximum absolute atomic E-state index is 12.4. The number of hydrogen-bond donors (Lipinski definition) is 0. The topological polar surface area (TPSA) is 61.8 Å². The lowest BCUT2D eigenvalue weighted by atomic mass is 10.2. The van der Waals surface area contributed by atoms with Crippen molar-refractivity contribution < 1.29 is 9.53 Å². The first-order valence-corrected chi connectivity index (χ1v) is 11.6. The van der Waals surface area contributed by atoms with Crippen LogP contribution in [0.15, 0.2) is 35.5 Å². The Labute approximate surface area is 190 Å². The predicted molar refractivity (Wildman–Crippen MR) is 121 cm³/mol. The van der Waals surface area contributed by atoms with Crippen LogP contribution in [-0.2, 0) is 9.53 Å². The number of amides is 1. The molecule has 10 heteroatoms. The van der Waals surface area contributed by atoms with Gasteiger partial charge in [-0.05, 0) is 12.1 Å². The number of nitrogens with zero attached hydrogens (tertiary/aromatic N) is 5. The van der Waals surface area contributed by atoms with Crippen LogP contribution in [0.4, 0.5) is 11.5 Å². The molecule has 30 heavy (non-hydrogen) atoms. The second kappa shape index (κ2) is 10.0. The number of halogens is 2. The molecule has 0 aliphatic carbocycles. The highest BCUT2D eigenvalue weighted by Gasteiger charge is 2.22. The number of hydrogen-bond acceptors (Lipinski definition) is 7. The number of thioether (sulfide) groups is 1. The number of ether oxygens (including phenoxy) is 1. The summed E-state index contributed by atoms with van der Waals surface area (Å²) in [5.74, 6) is 1.15. The molecular formula is C20H23Cl2N5O2S. The highest BCUT2D eigenvalue weighted by Crippen LogP contribution is 2.28. The van der Waals surface area contributed by atoms with Gasteiger partial charge in [-0.2, -0.15) is 0 Å². The molecule has 0 saturated carbocycles. The molecule has 0 bridgehead atoms. The van der Waals surface area contributed by atoms with Crippen molar-refractivity contribution in [1.82, 2.24) is 14.9 Å². The summed E-state index contributed by atoms with van der Waals surface area (Å²) >= 11 is 13.9. The molecule has 0 spiro atoms. The standard InChI is InChI=1S/C20H23Cl2N5O2S/c21-15-3-1-2-4-16(15)25-5-7-26(8-6-25)18-13-17(22)23-20(24-18)30-14-19(28)27-9-11-29-12-10-27/h1-4,13H,5-12,14H2. The Morgan fingerprint density at radius 2 is 1.70 bits per heavy atom. The largest absolute Gasteiger partial charge is 0.378 e. The number of piperazine rings is 1. The first kappa shape index (κ1) is 21.5. The van der Waals surface area contributed by atoms with Crippen LogP contribution in [0.5, 0.6) is 0 Å². The summed E-state index contributed by atoms with van der Waals surface area (Å²) in [6.07, 6.45) is 0. The van der Waals surface area contributed by atoms with E-state index >= 15 is 0 Å². The van der Waals surface area contributed by atoms with Crippen molar-refractivity contribution in [2.45, 2.75) is 5.16 Å². The van der Waals surface area contributed by atoms with E-state index < -0.39 is 0 Å². The van der Waals surface area contributed by atoms with Gasteiger partial charge in [0.15, 0.2) is 5.16 Å². The summed E-state index contributed by atoms with van der Waals surface area (Å²) in [5, 5.41) is 1.67. The van der Waals surface area contributed by atoms with Crippen LogP contribution < -0.4 is 9.80 Å². The normalized spacial score (nSPS) is 17.3. The number of rotatable bonds is 5. The lowest BCUT2D eigenvalue weighted by Gasteiger charge is -2.37. The Bertz CT molecular complexity index is 889. The Kier molecular flexibility index (Phi) is 7.20. The van der Waals surface area contributed by atoms with Crippen LogP contribution in [0.2, 0.25) is 10.2 Å². The third-order valence-electron chi connectivity index (χ3n) is 5.15. The van der Waals surface area contributed by atoms with Gasteiger partial charge < -0.3 is 19.4 Å². The summed E-state index contributed by atoms with van der Waals surface area (Å²) in [5.41, 5.74) is 1.05. The Morgan fingerprint density at radius 3 is 2.43 bits per heavy atom. The zero-order valence-electron chi connectivity index (χ0n) is 16.5. The molecule has 3 heterocycles. The number of aromatic nitrogens is 2. The molecule has 1 aromatic carbocycles.